The van der Waals surface area contributed by atoms with Crippen LogP contribution in [0, 0.1) is 0 Å². The Morgan fingerprint density at radius 2 is 2.20 bits per heavy atom. The van der Waals surface area contributed by atoms with Crippen molar-refractivity contribution in [3.05, 3.63) is 18.0 Å². The van der Waals surface area contributed by atoms with Crippen molar-refractivity contribution in [3.63, 3.8) is 0 Å². The first kappa shape index (κ1) is 12.1. The quantitative estimate of drug-likeness (QED) is 0.593. The van der Waals surface area contributed by atoms with Crippen LogP contribution in [0.15, 0.2) is 12.3 Å². The van der Waals surface area contributed by atoms with E-state index in [1.54, 1.807) is 26.5 Å². The molecule has 0 aromatic carbocycles. The van der Waals surface area contributed by atoms with Crippen molar-refractivity contribution in [1.82, 2.24) is 10.3 Å². The van der Waals surface area contributed by atoms with Gasteiger partial charge in [0.2, 0.25) is 0 Å². The Hall–Kier alpha value is -1.00. The van der Waals surface area contributed by atoms with Gasteiger partial charge in [0.1, 0.15) is 0 Å². The monoisotopic (exact) mass is 230 g/mol. The molecule has 1 N–H and O–H groups in total. The minimum Gasteiger partial charge on any atom is -0.493 e. The highest BCUT2D eigenvalue weighted by molar-refractivity contribution is 6.18. The van der Waals surface area contributed by atoms with Gasteiger partial charge in [-0.15, -0.1) is 11.6 Å². The number of rotatable bonds is 6. The Morgan fingerprint density at radius 1 is 1.40 bits per heavy atom. The molecule has 0 aliphatic heterocycles. The molecule has 0 aliphatic carbocycles. The van der Waals surface area contributed by atoms with Gasteiger partial charge in [0.05, 0.1) is 19.9 Å². The van der Waals surface area contributed by atoms with E-state index in [9.17, 15) is 0 Å². The van der Waals surface area contributed by atoms with Crippen molar-refractivity contribution in [3.8, 4) is 11.5 Å². The van der Waals surface area contributed by atoms with Crippen LogP contribution in [0.25, 0.3) is 0 Å². The van der Waals surface area contributed by atoms with Crippen LogP contribution >= 0.6 is 11.6 Å². The fourth-order valence-electron chi connectivity index (χ4n) is 1.25. The molecule has 0 aliphatic rings. The van der Waals surface area contributed by atoms with Crippen molar-refractivity contribution >= 4 is 11.6 Å². The van der Waals surface area contributed by atoms with E-state index in [4.69, 9.17) is 21.1 Å². The number of nitrogens with zero attached hydrogens (tertiary/aromatic N) is 1. The molecule has 0 radical (unpaired) electrons. The van der Waals surface area contributed by atoms with Gasteiger partial charge in [0.25, 0.3) is 0 Å². The van der Waals surface area contributed by atoms with Gasteiger partial charge in [-0.2, -0.15) is 0 Å². The molecular weight excluding hydrogens is 216 g/mol. The Labute approximate surface area is 94.6 Å². The molecule has 1 heterocycles. The maximum Gasteiger partial charge on any atom is 0.183 e. The summed E-state index contributed by atoms with van der Waals surface area (Å²) in [5.41, 5.74) is 0.821. The lowest BCUT2D eigenvalue weighted by Crippen LogP contribution is -2.17. The van der Waals surface area contributed by atoms with Gasteiger partial charge in [-0.25, -0.2) is 0 Å². The van der Waals surface area contributed by atoms with Gasteiger partial charge < -0.3 is 14.8 Å². The third kappa shape index (κ3) is 3.25. The largest absolute Gasteiger partial charge is 0.493 e. The molecule has 0 saturated carbocycles. The summed E-state index contributed by atoms with van der Waals surface area (Å²) in [5.74, 6) is 1.93. The highest BCUT2D eigenvalue weighted by Gasteiger charge is 2.09. The fourth-order valence-corrected chi connectivity index (χ4v) is 1.38. The van der Waals surface area contributed by atoms with Crippen molar-refractivity contribution in [2.45, 2.75) is 6.54 Å². The zero-order valence-corrected chi connectivity index (χ0v) is 9.67. The topological polar surface area (TPSA) is 43.4 Å². The molecular formula is C10H15ClN2O2. The minimum atomic E-state index is 0.576. The van der Waals surface area contributed by atoms with Gasteiger partial charge in [-0.05, 0) is 0 Å². The molecule has 0 atom stereocenters. The number of nitrogens with one attached hydrogen (secondary N) is 1. The fraction of sp³-hybridized carbons (Fsp3) is 0.500. The predicted octanol–water partition coefficient (Wildman–Crippen LogP) is 1.43. The number of methoxy groups -OCH3 is 2. The molecule has 0 bridgehead atoms. The number of hydrogen-bond acceptors (Lipinski definition) is 4. The molecule has 0 saturated heterocycles. The maximum absolute atomic E-state index is 5.56. The third-order valence-electron chi connectivity index (χ3n) is 1.93. The summed E-state index contributed by atoms with van der Waals surface area (Å²) in [6, 6.07) is 1.77. The van der Waals surface area contributed by atoms with E-state index >= 15 is 0 Å². The number of hydrogen-bond donors (Lipinski definition) is 1. The summed E-state index contributed by atoms with van der Waals surface area (Å²) in [7, 11) is 3.21. The molecule has 1 rings (SSSR count). The van der Waals surface area contributed by atoms with E-state index in [-0.39, 0.29) is 0 Å². The van der Waals surface area contributed by atoms with Crippen molar-refractivity contribution in [2.75, 3.05) is 26.6 Å². The van der Waals surface area contributed by atoms with Crippen LogP contribution < -0.4 is 14.8 Å². The number of pyridine rings is 1. The molecule has 0 amide bonds. The molecule has 4 nitrogen and oxygen atoms in total. The average Bonchev–Trinajstić information content (AvgIpc) is 2.29. The van der Waals surface area contributed by atoms with Gasteiger partial charge in [-0.3, -0.25) is 4.98 Å². The van der Waals surface area contributed by atoms with Crippen LogP contribution in [0.4, 0.5) is 0 Å². The molecule has 5 heteroatoms. The molecule has 0 unspecified atom stereocenters. The summed E-state index contributed by atoms with van der Waals surface area (Å²) in [4.78, 5) is 4.22. The van der Waals surface area contributed by atoms with Crippen LogP contribution in [-0.2, 0) is 6.54 Å². The number of alkyl halides is 1. The second-order valence-corrected chi connectivity index (χ2v) is 3.24. The van der Waals surface area contributed by atoms with Gasteiger partial charge >= 0.3 is 0 Å². The Kier molecular flexibility index (Phi) is 5.21. The zero-order chi connectivity index (χ0) is 11.1. The summed E-state index contributed by atoms with van der Waals surface area (Å²) in [5, 5.41) is 3.15. The number of aromatic nitrogens is 1. The Bertz CT molecular complexity index is 307. The SMILES string of the molecule is COc1ccnc(CNCCCl)c1OC. The zero-order valence-electron chi connectivity index (χ0n) is 8.92. The first-order chi connectivity index (χ1) is 7.33. The molecule has 1 aromatic heterocycles. The lowest BCUT2D eigenvalue weighted by molar-refractivity contribution is 0.348. The smallest absolute Gasteiger partial charge is 0.183 e. The second-order valence-electron chi connectivity index (χ2n) is 2.86. The van der Waals surface area contributed by atoms with E-state index in [0.29, 0.717) is 23.9 Å². The molecule has 0 spiro atoms. The number of ether oxygens (including phenoxy) is 2. The Morgan fingerprint density at radius 3 is 2.80 bits per heavy atom. The second kappa shape index (κ2) is 6.48. The lowest BCUT2D eigenvalue weighted by Gasteiger charge is -2.11. The van der Waals surface area contributed by atoms with E-state index < -0.39 is 0 Å². The highest BCUT2D eigenvalue weighted by atomic mass is 35.5. The van der Waals surface area contributed by atoms with Crippen molar-refractivity contribution in [2.24, 2.45) is 0 Å². The van der Waals surface area contributed by atoms with Crippen molar-refractivity contribution in [1.29, 1.82) is 0 Å². The van der Waals surface area contributed by atoms with Crippen LogP contribution in [0.2, 0.25) is 0 Å². The normalized spacial score (nSPS) is 10.1. The molecule has 15 heavy (non-hydrogen) atoms. The lowest BCUT2D eigenvalue weighted by atomic mass is 10.3. The maximum atomic E-state index is 5.56. The van der Waals surface area contributed by atoms with Gasteiger partial charge in [0, 0.05) is 31.2 Å². The summed E-state index contributed by atoms with van der Waals surface area (Å²) < 4.78 is 10.4. The standard InChI is InChI=1S/C10H15ClN2O2/c1-14-9-3-5-13-8(10(9)15-2)7-12-6-4-11/h3,5,12H,4,6-7H2,1-2H3. The van der Waals surface area contributed by atoms with Crippen molar-refractivity contribution < 1.29 is 9.47 Å². The van der Waals surface area contributed by atoms with Crippen LogP contribution in [0.5, 0.6) is 11.5 Å². The minimum absolute atomic E-state index is 0.576. The van der Waals surface area contributed by atoms with Gasteiger partial charge in [-0.1, -0.05) is 0 Å². The Balaban J connectivity index is 2.76. The predicted molar refractivity (Wildman–Crippen MR) is 59.8 cm³/mol. The average molecular weight is 231 g/mol. The summed E-state index contributed by atoms with van der Waals surface area (Å²) in [6.07, 6.45) is 1.69. The van der Waals surface area contributed by atoms with Crippen LogP contribution in [0.3, 0.4) is 0 Å². The van der Waals surface area contributed by atoms with E-state index in [0.717, 1.165) is 12.2 Å². The van der Waals surface area contributed by atoms with Gasteiger partial charge in [0.15, 0.2) is 11.5 Å². The summed E-state index contributed by atoms with van der Waals surface area (Å²) in [6.45, 7) is 1.36. The molecule has 0 fully saturated rings. The molecule has 84 valence electrons. The highest BCUT2D eigenvalue weighted by Crippen LogP contribution is 2.28. The molecule has 1 aromatic rings. The summed E-state index contributed by atoms with van der Waals surface area (Å²) >= 11 is 5.56. The van der Waals surface area contributed by atoms with Crippen LogP contribution in [0.1, 0.15) is 5.69 Å². The van der Waals surface area contributed by atoms with E-state index in [1.165, 1.54) is 0 Å². The van der Waals surface area contributed by atoms with E-state index in [1.807, 2.05) is 0 Å². The van der Waals surface area contributed by atoms with E-state index in [2.05, 4.69) is 10.3 Å². The van der Waals surface area contributed by atoms with Crippen LogP contribution in [-0.4, -0.2) is 31.6 Å². The third-order valence-corrected chi connectivity index (χ3v) is 2.12. The first-order valence-electron chi connectivity index (χ1n) is 4.66. The number of halogens is 1. The first-order valence-corrected chi connectivity index (χ1v) is 5.19.